The SMILES string of the molecule is COc1ccc(Cl)cc1CCc1ccc(C)cc1. The maximum absolute atomic E-state index is 6.02. The van der Waals surface area contributed by atoms with Gasteiger partial charge >= 0.3 is 0 Å². The average Bonchev–Trinajstić information content (AvgIpc) is 2.38. The molecule has 0 amide bonds. The Morgan fingerprint density at radius 3 is 2.39 bits per heavy atom. The van der Waals surface area contributed by atoms with Gasteiger partial charge in [0.25, 0.3) is 0 Å². The van der Waals surface area contributed by atoms with Crippen molar-refractivity contribution < 1.29 is 4.74 Å². The Hall–Kier alpha value is -1.47. The van der Waals surface area contributed by atoms with Gasteiger partial charge in [0, 0.05) is 5.02 Å². The van der Waals surface area contributed by atoms with Gasteiger partial charge in [-0.1, -0.05) is 41.4 Å². The van der Waals surface area contributed by atoms with E-state index in [2.05, 4.69) is 31.2 Å². The zero-order chi connectivity index (χ0) is 13.0. The van der Waals surface area contributed by atoms with Gasteiger partial charge < -0.3 is 4.74 Å². The number of rotatable bonds is 4. The summed E-state index contributed by atoms with van der Waals surface area (Å²) in [5.74, 6) is 0.909. The normalized spacial score (nSPS) is 10.4. The summed E-state index contributed by atoms with van der Waals surface area (Å²) in [6, 6.07) is 14.4. The van der Waals surface area contributed by atoms with Crippen LogP contribution in [0.3, 0.4) is 0 Å². The van der Waals surface area contributed by atoms with Crippen molar-refractivity contribution in [2.45, 2.75) is 19.8 Å². The predicted octanol–water partition coefficient (Wildman–Crippen LogP) is 4.44. The van der Waals surface area contributed by atoms with E-state index in [1.54, 1.807) is 7.11 Å². The molecule has 0 fully saturated rings. The van der Waals surface area contributed by atoms with Crippen LogP contribution in [0.4, 0.5) is 0 Å². The minimum atomic E-state index is 0.759. The second-order valence-electron chi connectivity index (χ2n) is 4.44. The number of hydrogen-bond acceptors (Lipinski definition) is 1. The number of methoxy groups -OCH3 is 1. The van der Waals surface area contributed by atoms with Gasteiger partial charge in [0.05, 0.1) is 7.11 Å². The van der Waals surface area contributed by atoms with Gasteiger partial charge in [-0.25, -0.2) is 0 Å². The molecule has 0 aliphatic rings. The van der Waals surface area contributed by atoms with Gasteiger partial charge in [-0.3, -0.25) is 0 Å². The lowest BCUT2D eigenvalue weighted by Crippen LogP contribution is -1.95. The van der Waals surface area contributed by atoms with Crippen LogP contribution >= 0.6 is 11.6 Å². The molecule has 1 nitrogen and oxygen atoms in total. The van der Waals surface area contributed by atoms with Crippen LogP contribution in [0.25, 0.3) is 0 Å². The van der Waals surface area contributed by atoms with Crippen LogP contribution < -0.4 is 4.74 Å². The van der Waals surface area contributed by atoms with Crippen molar-refractivity contribution in [3.8, 4) is 5.75 Å². The van der Waals surface area contributed by atoms with Gasteiger partial charge in [-0.15, -0.1) is 0 Å². The van der Waals surface area contributed by atoms with Crippen molar-refractivity contribution in [3.05, 3.63) is 64.2 Å². The van der Waals surface area contributed by atoms with Gasteiger partial charge in [-0.2, -0.15) is 0 Å². The van der Waals surface area contributed by atoms with Crippen LogP contribution in [-0.4, -0.2) is 7.11 Å². The fourth-order valence-corrected chi connectivity index (χ4v) is 2.17. The summed E-state index contributed by atoms with van der Waals surface area (Å²) >= 11 is 6.02. The maximum Gasteiger partial charge on any atom is 0.122 e. The smallest absolute Gasteiger partial charge is 0.122 e. The molecule has 0 bridgehead atoms. The first kappa shape index (κ1) is 13.0. The minimum Gasteiger partial charge on any atom is -0.496 e. The molecule has 0 radical (unpaired) electrons. The monoisotopic (exact) mass is 260 g/mol. The molecule has 0 spiro atoms. The standard InChI is InChI=1S/C16H17ClO/c1-12-3-5-13(6-4-12)7-8-14-11-15(17)9-10-16(14)18-2/h3-6,9-11H,7-8H2,1-2H3. The van der Waals surface area contributed by atoms with E-state index in [0.29, 0.717) is 0 Å². The van der Waals surface area contributed by atoms with E-state index >= 15 is 0 Å². The van der Waals surface area contributed by atoms with Crippen LogP contribution in [0, 0.1) is 6.92 Å². The summed E-state index contributed by atoms with van der Waals surface area (Å²) in [7, 11) is 1.69. The van der Waals surface area contributed by atoms with E-state index in [-0.39, 0.29) is 0 Å². The lowest BCUT2D eigenvalue weighted by molar-refractivity contribution is 0.409. The highest BCUT2D eigenvalue weighted by Gasteiger charge is 2.04. The fraction of sp³-hybridized carbons (Fsp3) is 0.250. The lowest BCUT2D eigenvalue weighted by atomic mass is 10.0. The van der Waals surface area contributed by atoms with E-state index in [1.165, 1.54) is 11.1 Å². The van der Waals surface area contributed by atoms with Crippen molar-refractivity contribution >= 4 is 11.6 Å². The first-order valence-corrected chi connectivity index (χ1v) is 6.45. The summed E-state index contributed by atoms with van der Waals surface area (Å²) in [6.07, 6.45) is 1.93. The van der Waals surface area contributed by atoms with Crippen molar-refractivity contribution in [2.24, 2.45) is 0 Å². The number of halogens is 1. The maximum atomic E-state index is 6.02. The fourth-order valence-electron chi connectivity index (χ4n) is 1.98. The molecule has 2 rings (SSSR count). The van der Waals surface area contributed by atoms with Gasteiger partial charge in [-0.05, 0) is 49.1 Å². The second-order valence-corrected chi connectivity index (χ2v) is 4.88. The average molecular weight is 261 g/mol. The Morgan fingerprint density at radius 2 is 1.72 bits per heavy atom. The summed E-state index contributed by atoms with van der Waals surface area (Å²) in [5.41, 5.74) is 3.78. The third-order valence-electron chi connectivity index (χ3n) is 3.05. The molecule has 0 aliphatic carbocycles. The van der Waals surface area contributed by atoms with E-state index in [1.807, 2.05) is 18.2 Å². The van der Waals surface area contributed by atoms with Crippen LogP contribution in [-0.2, 0) is 12.8 Å². The first-order valence-electron chi connectivity index (χ1n) is 6.07. The zero-order valence-corrected chi connectivity index (χ0v) is 11.5. The zero-order valence-electron chi connectivity index (χ0n) is 10.7. The van der Waals surface area contributed by atoms with E-state index in [4.69, 9.17) is 16.3 Å². The molecule has 2 heteroatoms. The van der Waals surface area contributed by atoms with Crippen LogP contribution in [0.15, 0.2) is 42.5 Å². The summed E-state index contributed by atoms with van der Waals surface area (Å²) < 4.78 is 5.35. The third kappa shape index (κ3) is 3.27. The Labute approximate surface area is 113 Å². The molecule has 0 saturated carbocycles. The summed E-state index contributed by atoms with van der Waals surface area (Å²) in [5, 5.41) is 0.759. The highest BCUT2D eigenvalue weighted by atomic mass is 35.5. The highest BCUT2D eigenvalue weighted by molar-refractivity contribution is 6.30. The molecule has 0 aromatic heterocycles. The molecule has 0 heterocycles. The van der Waals surface area contributed by atoms with Gasteiger partial charge in [0.2, 0.25) is 0 Å². The number of aryl methyl sites for hydroxylation is 3. The molecule has 2 aromatic carbocycles. The van der Waals surface area contributed by atoms with E-state index in [0.717, 1.165) is 29.2 Å². The predicted molar refractivity (Wildman–Crippen MR) is 76.6 cm³/mol. The Balaban J connectivity index is 2.09. The largest absolute Gasteiger partial charge is 0.496 e. The molecule has 2 aromatic rings. The van der Waals surface area contributed by atoms with Crippen LogP contribution in [0.2, 0.25) is 5.02 Å². The summed E-state index contributed by atoms with van der Waals surface area (Å²) in [6.45, 7) is 2.10. The van der Waals surface area contributed by atoms with Gasteiger partial charge in [0.1, 0.15) is 5.75 Å². The minimum absolute atomic E-state index is 0.759. The molecule has 0 atom stereocenters. The Bertz CT molecular complexity index is 517. The van der Waals surface area contributed by atoms with Crippen molar-refractivity contribution in [3.63, 3.8) is 0 Å². The number of hydrogen-bond donors (Lipinski definition) is 0. The topological polar surface area (TPSA) is 9.23 Å². The molecular weight excluding hydrogens is 244 g/mol. The van der Waals surface area contributed by atoms with Crippen LogP contribution in [0.5, 0.6) is 5.75 Å². The third-order valence-corrected chi connectivity index (χ3v) is 3.28. The molecule has 94 valence electrons. The quantitative estimate of drug-likeness (QED) is 0.790. The number of benzene rings is 2. The Morgan fingerprint density at radius 1 is 1.00 bits per heavy atom. The second kappa shape index (κ2) is 5.92. The molecule has 0 saturated heterocycles. The molecule has 0 unspecified atom stereocenters. The first-order chi connectivity index (χ1) is 8.69. The van der Waals surface area contributed by atoms with E-state index in [9.17, 15) is 0 Å². The molecule has 0 aliphatic heterocycles. The van der Waals surface area contributed by atoms with Crippen molar-refractivity contribution in [2.75, 3.05) is 7.11 Å². The van der Waals surface area contributed by atoms with Crippen LogP contribution in [0.1, 0.15) is 16.7 Å². The lowest BCUT2D eigenvalue weighted by Gasteiger charge is -2.09. The Kier molecular flexibility index (Phi) is 4.27. The molecule has 0 N–H and O–H groups in total. The highest BCUT2D eigenvalue weighted by Crippen LogP contribution is 2.24. The van der Waals surface area contributed by atoms with Gasteiger partial charge in [0.15, 0.2) is 0 Å². The van der Waals surface area contributed by atoms with Crippen molar-refractivity contribution in [1.82, 2.24) is 0 Å². The summed E-state index contributed by atoms with van der Waals surface area (Å²) in [4.78, 5) is 0. The molecule has 18 heavy (non-hydrogen) atoms. The van der Waals surface area contributed by atoms with E-state index < -0.39 is 0 Å². The number of ether oxygens (including phenoxy) is 1. The van der Waals surface area contributed by atoms with Crippen molar-refractivity contribution in [1.29, 1.82) is 0 Å². The molecular formula is C16H17ClO.